The molecular formula is C14H16N2. The molecule has 0 aromatic heterocycles. The van der Waals surface area contributed by atoms with Gasteiger partial charge in [-0.1, -0.05) is 36.4 Å². The molecule has 0 aliphatic carbocycles. The van der Waals surface area contributed by atoms with Crippen molar-refractivity contribution in [1.29, 1.82) is 0 Å². The summed E-state index contributed by atoms with van der Waals surface area (Å²) in [6.45, 7) is 0.901. The van der Waals surface area contributed by atoms with Gasteiger partial charge in [0.25, 0.3) is 0 Å². The van der Waals surface area contributed by atoms with Crippen LogP contribution in [0, 0.1) is 0 Å². The van der Waals surface area contributed by atoms with Gasteiger partial charge in [0, 0.05) is 17.9 Å². The van der Waals surface area contributed by atoms with Crippen molar-refractivity contribution in [2.24, 2.45) is 0 Å². The van der Waals surface area contributed by atoms with Crippen molar-refractivity contribution in [3.8, 4) is 0 Å². The van der Waals surface area contributed by atoms with Crippen LogP contribution in [0.1, 0.15) is 5.56 Å². The van der Waals surface area contributed by atoms with Crippen molar-refractivity contribution < 1.29 is 0 Å². The summed E-state index contributed by atoms with van der Waals surface area (Å²) in [5.74, 6) is 0. The first kappa shape index (κ1) is 10.6. The average molecular weight is 212 g/mol. The predicted molar refractivity (Wildman–Crippen MR) is 69.5 cm³/mol. The fourth-order valence-electron chi connectivity index (χ4n) is 1.66. The molecule has 0 fully saturated rings. The number of hydrogen-bond donors (Lipinski definition) is 2. The van der Waals surface area contributed by atoms with E-state index in [9.17, 15) is 0 Å². The number of nitrogens with two attached hydrogens (primary N) is 1. The Morgan fingerprint density at radius 2 is 1.56 bits per heavy atom. The van der Waals surface area contributed by atoms with E-state index in [0.29, 0.717) is 0 Å². The Balaban J connectivity index is 1.87. The van der Waals surface area contributed by atoms with Crippen molar-refractivity contribution in [2.75, 3.05) is 17.6 Å². The summed E-state index contributed by atoms with van der Waals surface area (Å²) in [7, 11) is 0. The van der Waals surface area contributed by atoms with E-state index in [1.807, 2.05) is 36.4 Å². The first-order chi connectivity index (χ1) is 7.86. The highest BCUT2D eigenvalue weighted by Gasteiger charge is 1.97. The molecule has 2 aromatic rings. The molecule has 0 amide bonds. The van der Waals surface area contributed by atoms with Gasteiger partial charge >= 0.3 is 0 Å². The summed E-state index contributed by atoms with van der Waals surface area (Å²) in [5, 5.41) is 3.36. The van der Waals surface area contributed by atoms with Crippen molar-refractivity contribution in [1.82, 2.24) is 0 Å². The minimum Gasteiger partial charge on any atom is -0.399 e. The van der Waals surface area contributed by atoms with Gasteiger partial charge in [-0.25, -0.2) is 0 Å². The molecule has 0 spiro atoms. The number of benzene rings is 2. The highest BCUT2D eigenvalue weighted by molar-refractivity contribution is 5.47. The summed E-state index contributed by atoms with van der Waals surface area (Å²) in [4.78, 5) is 0. The molecule has 2 rings (SSSR count). The van der Waals surface area contributed by atoms with Crippen LogP contribution in [0.25, 0.3) is 0 Å². The van der Waals surface area contributed by atoms with Gasteiger partial charge in [-0.2, -0.15) is 0 Å². The molecule has 0 atom stereocenters. The van der Waals surface area contributed by atoms with E-state index in [2.05, 4.69) is 23.5 Å². The maximum Gasteiger partial charge on any atom is 0.0347 e. The van der Waals surface area contributed by atoms with Crippen LogP contribution in [0.4, 0.5) is 11.4 Å². The van der Waals surface area contributed by atoms with Crippen LogP contribution in [-0.2, 0) is 6.42 Å². The first-order valence-corrected chi connectivity index (χ1v) is 5.48. The standard InChI is InChI=1S/C14H16N2/c15-14-9-5-4-6-12(14)10-11-16-13-7-2-1-3-8-13/h1-9,16H,10-11,15H2. The molecule has 2 aromatic carbocycles. The topological polar surface area (TPSA) is 38.0 Å². The molecule has 0 saturated carbocycles. The second-order valence-corrected chi connectivity index (χ2v) is 3.74. The maximum atomic E-state index is 5.87. The SMILES string of the molecule is Nc1ccccc1CCNc1ccccc1. The van der Waals surface area contributed by atoms with E-state index in [0.717, 1.165) is 24.3 Å². The summed E-state index contributed by atoms with van der Waals surface area (Å²) >= 11 is 0. The molecule has 0 aliphatic heterocycles. The zero-order valence-corrected chi connectivity index (χ0v) is 9.19. The van der Waals surface area contributed by atoms with E-state index in [-0.39, 0.29) is 0 Å². The summed E-state index contributed by atoms with van der Waals surface area (Å²) in [5.41, 5.74) is 9.09. The highest BCUT2D eigenvalue weighted by Crippen LogP contribution is 2.11. The molecule has 0 bridgehead atoms. The molecule has 2 nitrogen and oxygen atoms in total. The lowest BCUT2D eigenvalue weighted by Gasteiger charge is -2.07. The molecule has 0 aliphatic rings. The fraction of sp³-hybridized carbons (Fsp3) is 0.143. The van der Waals surface area contributed by atoms with E-state index >= 15 is 0 Å². The summed E-state index contributed by atoms with van der Waals surface area (Å²) < 4.78 is 0. The van der Waals surface area contributed by atoms with Gasteiger partial charge < -0.3 is 11.1 Å². The van der Waals surface area contributed by atoms with Gasteiger partial charge in [0.15, 0.2) is 0 Å². The lowest BCUT2D eigenvalue weighted by molar-refractivity contribution is 1.02. The number of para-hydroxylation sites is 2. The molecule has 0 unspecified atom stereocenters. The minimum atomic E-state index is 0.873. The Morgan fingerprint density at radius 1 is 0.875 bits per heavy atom. The van der Waals surface area contributed by atoms with Crippen LogP contribution in [0.2, 0.25) is 0 Å². The van der Waals surface area contributed by atoms with Crippen LogP contribution in [0.3, 0.4) is 0 Å². The first-order valence-electron chi connectivity index (χ1n) is 5.48. The zero-order chi connectivity index (χ0) is 11.2. The van der Waals surface area contributed by atoms with Gasteiger partial charge in [0.2, 0.25) is 0 Å². The third kappa shape index (κ3) is 2.76. The Hall–Kier alpha value is -1.96. The second kappa shape index (κ2) is 5.21. The van der Waals surface area contributed by atoms with Crippen LogP contribution >= 0.6 is 0 Å². The van der Waals surface area contributed by atoms with Crippen molar-refractivity contribution in [3.05, 3.63) is 60.2 Å². The quantitative estimate of drug-likeness (QED) is 0.765. The Bertz CT molecular complexity index is 437. The van der Waals surface area contributed by atoms with Gasteiger partial charge in [0.1, 0.15) is 0 Å². The minimum absolute atomic E-state index is 0.873. The molecule has 82 valence electrons. The largest absolute Gasteiger partial charge is 0.399 e. The van der Waals surface area contributed by atoms with Gasteiger partial charge in [0.05, 0.1) is 0 Å². The van der Waals surface area contributed by atoms with Crippen LogP contribution in [0.5, 0.6) is 0 Å². The number of anilines is 2. The second-order valence-electron chi connectivity index (χ2n) is 3.74. The van der Waals surface area contributed by atoms with E-state index in [1.54, 1.807) is 0 Å². The number of hydrogen-bond acceptors (Lipinski definition) is 2. The van der Waals surface area contributed by atoms with Crippen LogP contribution < -0.4 is 11.1 Å². The fourth-order valence-corrected chi connectivity index (χ4v) is 1.66. The number of rotatable bonds is 4. The van der Waals surface area contributed by atoms with Crippen molar-refractivity contribution in [2.45, 2.75) is 6.42 Å². The van der Waals surface area contributed by atoms with Crippen LogP contribution in [-0.4, -0.2) is 6.54 Å². The monoisotopic (exact) mass is 212 g/mol. The van der Waals surface area contributed by atoms with Gasteiger partial charge in [-0.15, -0.1) is 0 Å². The van der Waals surface area contributed by atoms with Crippen molar-refractivity contribution in [3.63, 3.8) is 0 Å². The van der Waals surface area contributed by atoms with Crippen LogP contribution in [0.15, 0.2) is 54.6 Å². The summed E-state index contributed by atoms with van der Waals surface area (Å²) in [6.07, 6.45) is 0.946. The van der Waals surface area contributed by atoms with Crippen molar-refractivity contribution >= 4 is 11.4 Å². The zero-order valence-electron chi connectivity index (χ0n) is 9.19. The molecule has 0 saturated heterocycles. The summed E-state index contributed by atoms with van der Waals surface area (Å²) in [6, 6.07) is 18.2. The van der Waals surface area contributed by atoms with Gasteiger partial charge in [-0.05, 0) is 30.2 Å². The normalized spacial score (nSPS) is 10.0. The molecule has 3 N–H and O–H groups in total. The lowest BCUT2D eigenvalue weighted by Crippen LogP contribution is -2.06. The number of nitrogens with one attached hydrogen (secondary N) is 1. The Kier molecular flexibility index (Phi) is 3.44. The van der Waals surface area contributed by atoms with E-state index in [4.69, 9.17) is 5.73 Å². The highest BCUT2D eigenvalue weighted by atomic mass is 14.9. The van der Waals surface area contributed by atoms with E-state index < -0.39 is 0 Å². The maximum absolute atomic E-state index is 5.87. The third-order valence-corrected chi connectivity index (χ3v) is 2.55. The molecule has 0 radical (unpaired) electrons. The molecule has 0 heterocycles. The smallest absolute Gasteiger partial charge is 0.0347 e. The molecule has 2 heteroatoms. The number of nitrogen functional groups attached to an aromatic ring is 1. The molecule has 16 heavy (non-hydrogen) atoms. The lowest BCUT2D eigenvalue weighted by atomic mass is 10.1. The third-order valence-electron chi connectivity index (χ3n) is 2.55. The molecular weight excluding hydrogens is 196 g/mol. The Morgan fingerprint density at radius 3 is 2.31 bits per heavy atom. The Labute approximate surface area is 96.1 Å². The van der Waals surface area contributed by atoms with E-state index in [1.165, 1.54) is 5.56 Å². The van der Waals surface area contributed by atoms with Gasteiger partial charge in [-0.3, -0.25) is 0 Å². The predicted octanol–water partition coefficient (Wildman–Crippen LogP) is 2.92. The average Bonchev–Trinajstić information content (AvgIpc) is 2.33.